The predicted octanol–water partition coefficient (Wildman–Crippen LogP) is 3.92. The third-order valence-corrected chi connectivity index (χ3v) is 3.06. The van der Waals surface area contributed by atoms with E-state index in [0.717, 1.165) is 0 Å². The molecule has 0 aromatic heterocycles. The van der Waals surface area contributed by atoms with Gasteiger partial charge in [0, 0.05) is 6.04 Å². The minimum atomic E-state index is 0.412. The van der Waals surface area contributed by atoms with Crippen molar-refractivity contribution in [3.63, 3.8) is 0 Å². The Labute approximate surface area is 100 Å². The van der Waals surface area contributed by atoms with Gasteiger partial charge >= 0.3 is 0 Å². The highest BCUT2D eigenvalue weighted by atomic mass is 14.6. The van der Waals surface area contributed by atoms with Crippen molar-refractivity contribution in [1.82, 2.24) is 0 Å². The molecule has 0 saturated carbocycles. The summed E-state index contributed by atoms with van der Waals surface area (Å²) in [5, 5.41) is 0. The smallest absolute Gasteiger partial charge is 0.00389 e. The maximum atomic E-state index is 6.08. The van der Waals surface area contributed by atoms with Gasteiger partial charge in [0.1, 0.15) is 0 Å². The first-order valence-electron chi connectivity index (χ1n) is 6.62. The van der Waals surface area contributed by atoms with Gasteiger partial charge in [-0.25, -0.2) is 0 Å². The van der Waals surface area contributed by atoms with Gasteiger partial charge in [0.15, 0.2) is 0 Å². The molecule has 0 aliphatic rings. The van der Waals surface area contributed by atoms with Gasteiger partial charge in [-0.15, -0.1) is 0 Å². The van der Waals surface area contributed by atoms with Crippen LogP contribution >= 0.6 is 0 Å². The highest BCUT2D eigenvalue weighted by molar-refractivity contribution is 5.14. The van der Waals surface area contributed by atoms with Crippen molar-refractivity contribution >= 4 is 0 Å². The molecule has 0 spiro atoms. The predicted molar refractivity (Wildman–Crippen MR) is 71.5 cm³/mol. The van der Waals surface area contributed by atoms with Gasteiger partial charge in [-0.3, -0.25) is 0 Å². The van der Waals surface area contributed by atoms with Crippen molar-refractivity contribution in [3.05, 3.63) is 35.9 Å². The largest absolute Gasteiger partial charge is 0.328 e. The van der Waals surface area contributed by atoms with Gasteiger partial charge in [0.05, 0.1) is 0 Å². The molecule has 0 radical (unpaired) electrons. The monoisotopic (exact) mass is 219 g/mol. The molecule has 1 heteroatoms. The lowest BCUT2D eigenvalue weighted by atomic mass is 10.0. The molecule has 0 saturated heterocycles. The first-order valence-corrected chi connectivity index (χ1v) is 6.62. The molecule has 1 nitrogen and oxygen atoms in total. The van der Waals surface area contributed by atoms with E-state index in [1.165, 1.54) is 50.5 Å². The van der Waals surface area contributed by atoms with Crippen LogP contribution in [-0.4, -0.2) is 6.04 Å². The van der Waals surface area contributed by atoms with Crippen molar-refractivity contribution in [3.8, 4) is 0 Å². The summed E-state index contributed by atoms with van der Waals surface area (Å²) in [6, 6.07) is 11.1. The average Bonchev–Trinajstić information content (AvgIpc) is 2.31. The zero-order chi connectivity index (χ0) is 11.6. The van der Waals surface area contributed by atoms with Gasteiger partial charge in [-0.2, -0.15) is 0 Å². The molecular formula is C15H25N. The van der Waals surface area contributed by atoms with Crippen molar-refractivity contribution < 1.29 is 0 Å². The molecule has 1 aromatic rings. The fraction of sp³-hybridized carbons (Fsp3) is 0.600. The third-order valence-electron chi connectivity index (χ3n) is 3.06. The van der Waals surface area contributed by atoms with E-state index in [4.69, 9.17) is 5.73 Å². The topological polar surface area (TPSA) is 26.0 Å². The first kappa shape index (κ1) is 13.2. The summed E-state index contributed by atoms with van der Waals surface area (Å²) in [4.78, 5) is 0. The fourth-order valence-corrected chi connectivity index (χ4v) is 2.01. The van der Waals surface area contributed by atoms with E-state index < -0.39 is 0 Å². The van der Waals surface area contributed by atoms with Crippen molar-refractivity contribution in [2.24, 2.45) is 5.73 Å². The van der Waals surface area contributed by atoms with Crippen LogP contribution in [0.2, 0.25) is 0 Å². The Hall–Kier alpha value is -0.820. The standard InChI is InChI=1S/C15H25N/c1-2-3-5-12-15(16)13-8-11-14-9-6-4-7-10-14/h4,6-7,9-10,15H,2-3,5,8,11-13,16H2,1H3. The van der Waals surface area contributed by atoms with Crippen LogP contribution in [0.15, 0.2) is 30.3 Å². The second-order valence-electron chi connectivity index (χ2n) is 4.63. The Morgan fingerprint density at radius 2 is 1.69 bits per heavy atom. The molecule has 1 atom stereocenters. The molecule has 0 aliphatic carbocycles. The second kappa shape index (κ2) is 8.35. The molecule has 0 fully saturated rings. The van der Waals surface area contributed by atoms with Crippen molar-refractivity contribution in [2.45, 2.75) is 57.9 Å². The summed E-state index contributed by atoms with van der Waals surface area (Å²) in [5.74, 6) is 0. The average molecular weight is 219 g/mol. The van der Waals surface area contributed by atoms with Crippen LogP contribution in [-0.2, 0) is 6.42 Å². The Morgan fingerprint density at radius 1 is 1.00 bits per heavy atom. The van der Waals surface area contributed by atoms with Crippen LogP contribution in [0.25, 0.3) is 0 Å². The first-order chi connectivity index (χ1) is 7.83. The minimum Gasteiger partial charge on any atom is -0.328 e. The zero-order valence-corrected chi connectivity index (χ0v) is 10.5. The number of hydrogen-bond donors (Lipinski definition) is 1. The van der Waals surface area contributed by atoms with Crippen LogP contribution in [0.1, 0.15) is 51.0 Å². The quantitative estimate of drug-likeness (QED) is 0.659. The number of rotatable bonds is 8. The lowest BCUT2D eigenvalue weighted by Gasteiger charge is -2.10. The van der Waals surface area contributed by atoms with E-state index in [2.05, 4.69) is 37.3 Å². The van der Waals surface area contributed by atoms with Crippen LogP contribution in [0, 0.1) is 0 Å². The van der Waals surface area contributed by atoms with Crippen LogP contribution in [0.3, 0.4) is 0 Å². The van der Waals surface area contributed by atoms with E-state index in [-0.39, 0.29) is 0 Å². The van der Waals surface area contributed by atoms with Crippen LogP contribution in [0.5, 0.6) is 0 Å². The molecular weight excluding hydrogens is 194 g/mol. The van der Waals surface area contributed by atoms with Gasteiger partial charge in [-0.1, -0.05) is 56.5 Å². The van der Waals surface area contributed by atoms with Crippen LogP contribution in [0.4, 0.5) is 0 Å². The SMILES string of the molecule is CCCCCC(N)CCCc1ccccc1. The zero-order valence-electron chi connectivity index (χ0n) is 10.5. The molecule has 90 valence electrons. The highest BCUT2D eigenvalue weighted by Crippen LogP contribution is 2.09. The molecule has 0 heterocycles. The fourth-order valence-electron chi connectivity index (χ4n) is 2.01. The summed E-state index contributed by atoms with van der Waals surface area (Å²) < 4.78 is 0. The number of aryl methyl sites for hydroxylation is 1. The van der Waals surface area contributed by atoms with Crippen LogP contribution < -0.4 is 5.73 Å². The number of unbranched alkanes of at least 4 members (excludes halogenated alkanes) is 2. The third kappa shape index (κ3) is 5.92. The summed E-state index contributed by atoms with van der Waals surface area (Å²) in [6.07, 6.45) is 8.66. The van der Waals surface area contributed by atoms with E-state index in [1.807, 2.05) is 0 Å². The Morgan fingerprint density at radius 3 is 2.38 bits per heavy atom. The Bertz CT molecular complexity index is 255. The maximum Gasteiger partial charge on any atom is 0.00389 e. The Balaban J connectivity index is 2.06. The molecule has 0 aliphatic heterocycles. The van der Waals surface area contributed by atoms with E-state index >= 15 is 0 Å². The van der Waals surface area contributed by atoms with E-state index in [9.17, 15) is 0 Å². The molecule has 16 heavy (non-hydrogen) atoms. The Kier molecular flexibility index (Phi) is 6.91. The molecule has 0 amide bonds. The van der Waals surface area contributed by atoms with E-state index in [1.54, 1.807) is 0 Å². The molecule has 2 N–H and O–H groups in total. The van der Waals surface area contributed by atoms with Crippen molar-refractivity contribution in [1.29, 1.82) is 0 Å². The molecule has 1 rings (SSSR count). The van der Waals surface area contributed by atoms with Crippen molar-refractivity contribution in [2.75, 3.05) is 0 Å². The van der Waals surface area contributed by atoms with Gasteiger partial charge in [-0.05, 0) is 31.2 Å². The second-order valence-corrected chi connectivity index (χ2v) is 4.63. The summed E-state index contributed by atoms with van der Waals surface area (Å²) >= 11 is 0. The summed E-state index contributed by atoms with van der Waals surface area (Å²) in [6.45, 7) is 2.24. The number of benzene rings is 1. The highest BCUT2D eigenvalue weighted by Gasteiger charge is 2.02. The summed E-state index contributed by atoms with van der Waals surface area (Å²) in [7, 11) is 0. The normalized spacial score (nSPS) is 12.6. The molecule has 1 aromatic carbocycles. The van der Waals surface area contributed by atoms with E-state index in [0.29, 0.717) is 6.04 Å². The van der Waals surface area contributed by atoms with Gasteiger partial charge in [0.25, 0.3) is 0 Å². The van der Waals surface area contributed by atoms with Gasteiger partial charge in [0.2, 0.25) is 0 Å². The minimum absolute atomic E-state index is 0.412. The lowest BCUT2D eigenvalue weighted by Crippen LogP contribution is -2.19. The molecule has 0 bridgehead atoms. The number of nitrogens with two attached hydrogens (primary N) is 1. The maximum absolute atomic E-state index is 6.08. The van der Waals surface area contributed by atoms with Gasteiger partial charge < -0.3 is 5.73 Å². The lowest BCUT2D eigenvalue weighted by molar-refractivity contribution is 0.514. The molecule has 1 unspecified atom stereocenters. The number of hydrogen-bond acceptors (Lipinski definition) is 1. The summed E-state index contributed by atoms with van der Waals surface area (Å²) in [5.41, 5.74) is 7.51.